The van der Waals surface area contributed by atoms with E-state index in [4.69, 9.17) is 0 Å². The number of hydrogen-bond donors (Lipinski definition) is 1. The van der Waals surface area contributed by atoms with E-state index >= 15 is 0 Å². The molecule has 1 heterocycles. The Labute approximate surface area is 119 Å². The molecule has 0 saturated heterocycles. The van der Waals surface area contributed by atoms with Crippen LogP contribution in [0.15, 0.2) is 36.5 Å². The number of nitrogens with zero attached hydrogens (tertiary/aromatic N) is 2. The molecule has 21 heavy (non-hydrogen) atoms. The first kappa shape index (κ1) is 14.8. The number of pyridine rings is 1. The Morgan fingerprint density at radius 3 is 2.62 bits per heavy atom. The minimum Gasteiger partial charge on any atom is -0.376 e. The number of nitrogens with one attached hydrogen (secondary N) is 1. The normalized spacial score (nSPS) is 12.0. The van der Waals surface area contributed by atoms with Crippen molar-refractivity contribution in [2.24, 2.45) is 0 Å². The molecule has 1 aromatic carbocycles. The van der Waals surface area contributed by atoms with Crippen LogP contribution in [0.2, 0.25) is 0 Å². The van der Waals surface area contributed by atoms with Gasteiger partial charge in [0.25, 0.3) is 5.69 Å². The lowest BCUT2D eigenvalue weighted by molar-refractivity contribution is -0.385. The molecule has 0 saturated carbocycles. The number of halogens is 2. The molecule has 5 nitrogen and oxygen atoms in total. The van der Waals surface area contributed by atoms with Gasteiger partial charge < -0.3 is 5.32 Å². The highest BCUT2D eigenvalue weighted by Crippen LogP contribution is 2.25. The van der Waals surface area contributed by atoms with E-state index in [9.17, 15) is 18.9 Å². The van der Waals surface area contributed by atoms with Gasteiger partial charge in [-0.25, -0.2) is 8.78 Å². The lowest BCUT2D eigenvalue weighted by Crippen LogP contribution is -2.11. The van der Waals surface area contributed by atoms with Crippen LogP contribution in [0.1, 0.15) is 25.1 Å². The summed E-state index contributed by atoms with van der Waals surface area (Å²) in [6.07, 6.45) is 1.69. The second-order valence-corrected chi connectivity index (χ2v) is 4.46. The fourth-order valence-electron chi connectivity index (χ4n) is 1.94. The molecule has 2 rings (SSSR count). The summed E-state index contributed by atoms with van der Waals surface area (Å²) in [7, 11) is 0. The third-order valence-corrected chi connectivity index (χ3v) is 2.95. The molecular formula is C14H13F2N3O2. The molecule has 0 aliphatic heterocycles. The van der Waals surface area contributed by atoms with Crippen molar-refractivity contribution in [2.75, 3.05) is 5.32 Å². The van der Waals surface area contributed by atoms with Crippen LogP contribution in [-0.2, 0) is 0 Å². The SMILES string of the molecule is CCC(Nc1cc(F)cc([N+](=O)[O-])c1)c1ccc(F)cn1. The lowest BCUT2D eigenvalue weighted by Gasteiger charge is -2.17. The van der Waals surface area contributed by atoms with E-state index in [2.05, 4.69) is 10.3 Å². The van der Waals surface area contributed by atoms with Gasteiger partial charge >= 0.3 is 0 Å². The molecular weight excluding hydrogens is 280 g/mol. The molecule has 1 aromatic heterocycles. The minimum atomic E-state index is -0.700. The molecule has 0 fully saturated rings. The predicted octanol–water partition coefficient (Wildman–Crippen LogP) is 3.83. The van der Waals surface area contributed by atoms with Gasteiger partial charge in [0.05, 0.1) is 28.9 Å². The highest BCUT2D eigenvalue weighted by Gasteiger charge is 2.14. The van der Waals surface area contributed by atoms with E-state index in [1.807, 2.05) is 6.92 Å². The predicted molar refractivity (Wildman–Crippen MR) is 73.9 cm³/mol. The van der Waals surface area contributed by atoms with Crippen molar-refractivity contribution in [1.82, 2.24) is 4.98 Å². The fraction of sp³-hybridized carbons (Fsp3) is 0.214. The average Bonchev–Trinajstić information content (AvgIpc) is 2.45. The summed E-state index contributed by atoms with van der Waals surface area (Å²) >= 11 is 0. The molecule has 0 aliphatic carbocycles. The minimum absolute atomic E-state index is 0.277. The summed E-state index contributed by atoms with van der Waals surface area (Å²) in [5.74, 6) is -1.15. The van der Waals surface area contributed by atoms with Crippen LogP contribution in [-0.4, -0.2) is 9.91 Å². The zero-order valence-electron chi connectivity index (χ0n) is 11.2. The molecule has 7 heteroatoms. The van der Waals surface area contributed by atoms with Gasteiger partial charge in [0.2, 0.25) is 0 Å². The first-order chi connectivity index (χ1) is 9.99. The number of anilines is 1. The van der Waals surface area contributed by atoms with Crippen molar-refractivity contribution < 1.29 is 13.7 Å². The summed E-state index contributed by atoms with van der Waals surface area (Å²) < 4.78 is 26.3. The summed E-state index contributed by atoms with van der Waals surface area (Å²) in [4.78, 5) is 14.0. The molecule has 1 unspecified atom stereocenters. The first-order valence-electron chi connectivity index (χ1n) is 6.32. The Morgan fingerprint density at radius 1 is 1.29 bits per heavy atom. The van der Waals surface area contributed by atoms with E-state index in [1.54, 1.807) is 0 Å². The van der Waals surface area contributed by atoms with Crippen molar-refractivity contribution in [3.05, 3.63) is 64.0 Å². The number of non-ortho nitro benzene ring substituents is 1. The second kappa shape index (κ2) is 6.25. The van der Waals surface area contributed by atoms with Gasteiger partial charge in [-0.3, -0.25) is 15.1 Å². The van der Waals surface area contributed by atoms with Crippen LogP contribution in [0, 0.1) is 21.7 Å². The molecule has 0 aliphatic rings. The number of aromatic nitrogens is 1. The standard InChI is InChI=1S/C14H13F2N3O2/c1-2-13(14-4-3-9(15)8-17-14)18-11-5-10(16)6-12(7-11)19(20)21/h3-8,13,18H,2H2,1H3. The molecule has 0 bridgehead atoms. The molecule has 1 atom stereocenters. The highest BCUT2D eigenvalue weighted by molar-refractivity contribution is 5.52. The Bertz CT molecular complexity index is 647. The van der Waals surface area contributed by atoms with Crippen LogP contribution in [0.25, 0.3) is 0 Å². The van der Waals surface area contributed by atoms with Gasteiger partial charge in [0.15, 0.2) is 0 Å². The molecule has 0 spiro atoms. The van der Waals surface area contributed by atoms with Gasteiger partial charge in [0, 0.05) is 11.8 Å². The summed E-state index contributed by atoms with van der Waals surface area (Å²) in [6.45, 7) is 1.87. The zero-order chi connectivity index (χ0) is 15.4. The van der Waals surface area contributed by atoms with E-state index in [0.717, 1.165) is 12.3 Å². The van der Waals surface area contributed by atoms with E-state index < -0.39 is 16.6 Å². The molecule has 110 valence electrons. The van der Waals surface area contributed by atoms with Crippen LogP contribution in [0.4, 0.5) is 20.2 Å². The van der Waals surface area contributed by atoms with Crippen molar-refractivity contribution >= 4 is 11.4 Å². The number of benzene rings is 1. The van der Waals surface area contributed by atoms with Gasteiger partial charge in [-0.2, -0.15) is 0 Å². The molecule has 0 amide bonds. The summed E-state index contributed by atoms with van der Waals surface area (Å²) in [6, 6.07) is 5.76. The van der Waals surface area contributed by atoms with Crippen molar-refractivity contribution in [3.63, 3.8) is 0 Å². The maximum Gasteiger partial charge on any atom is 0.274 e. The zero-order valence-corrected chi connectivity index (χ0v) is 11.2. The Morgan fingerprint density at radius 2 is 2.05 bits per heavy atom. The van der Waals surface area contributed by atoms with E-state index in [-0.39, 0.29) is 17.4 Å². The molecule has 1 N–H and O–H groups in total. The summed E-state index contributed by atoms with van der Waals surface area (Å²) in [5, 5.41) is 13.7. The number of hydrogen-bond acceptors (Lipinski definition) is 4. The third-order valence-electron chi connectivity index (χ3n) is 2.95. The van der Waals surface area contributed by atoms with Crippen molar-refractivity contribution in [1.29, 1.82) is 0 Å². The average molecular weight is 293 g/mol. The number of rotatable bonds is 5. The van der Waals surface area contributed by atoms with Crippen LogP contribution in [0.5, 0.6) is 0 Å². The lowest BCUT2D eigenvalue weighted by atomic mass is 10.1. The van der Waals surface area contributed by atoms with E-state index in [0.29, 0.717) is 12.1 Å². The fourth-order valence-corrected chi connectivity index (χ4v) is 1.94. The Hall–Kier alpha value is -2.57. The first-order valence-corrected chi connectivity index (χ1v) is 6.32. The van der Waals surface area contributed by atoms with Crippen molar-refractivity contribution in [2.45, 2.75) is 19.4 Å². The van der Waals surface area contributed by atoms with Crippen LogP contribution < -0.4 is 5.32 Å². The van der Waals surface area contributed by atoms with Crippen LogP contribution >= 0.6 is 0 Å². The smallest absolute Gasteiger partial charge is 0.274 e. The number of nitro benzene ring substituents is 1. The maximum absolute atomic E-state index is 13.4. The van der Waals surface area contributed by atoms with Gasteiger partial charge in [-0.1, -0.05) is 6.92 Å². The Balaban J connectivity index is 2.26. The van der Waals surface area contributed by atoms with Gasteiger partial charge in [0.1, 0.15) is 11.6 Å². The van der Waals surface area contributed by atoms with Crippen molar-refractivity contribution in [3.8, 4) is 0 Å². The second-order valence-electron chi connectivity index (χ2n) is 4.46. The third kappa shape index (κ3) is 3.71. The highest BCUT2D eigenvalue weighted by atomic mass is 19.1. The largest absolute Gasteiger partial charge is 0.376 e. The molecule has 0 radical (unpaired) electrons. The quantitative estimate of drug-likeness (QED) is 0.672. The Kier molecular flexibility index (Phi) is 4.42. The topological polar surface area (TPSA) is 68.1 Å². The van der Waals surface area contributed by atoms with Gasteiger partial charge in [-0.15, -0.1) is 0 Å². The molecule has 2 aromatic rings. The maximum atomic E-state index is 13.4. The van der Waals surface area contributed by atoms with Gasteiger partial charge in [-0.05, 0) is 24.6 Å². The van der Waals surface area contributed by atoms with E-state index in [1.165, 1.54) is 24.3 Å². The summed E-state index contributed by atoms with van der Waals surface area (Å²) in [5.41, 5.74) is 0.518. The monoisotopic (exact) mass is 293 g/mol. The van der Waals surface area contributed by atoms with Crippen LogP contribution in [0.3, 0.4) is 0 Å². The number of nitro groups is 1.